The Morgan fingerprint density at radius 2 is 1.71 bits per heavy atom. The lowest BCUT2D eigenvalue weighted by atomic mass is 10.2. The molecule has 0 aliphatic carbocycles. The number of anilines is 1. The molecule has 8 heteroatoms. The van der Waals surface area contributed by atoms with Crippen LogP contribution in [0.4, 0.5) is 5.69 Å². The van der Waals surface area contributed by atoms with Crippen molar-refractivity contribution in [2.75, 3.05) is 4.72 Å². The van der Waals surface area contributed by atoms with Crippen LogP contribution in [-0.2, 0) is 10.0 Å². The molecule has 21 heavy (non-hydrogen) atoms. The molecule has 3 N–H and O–H groups in total. The molecule has 110 valence electrons. The van der Waals surface area contributed by atoms with Gasteiger partial charge in [-0.1, -0.05) is 6.07 Å². The zero-order valence-electron chi connectivity index (χ0n) is 10.4. The molecule has 0 saturated heterocycles. The van der Waals surface area contributed by atoms with Gasteiger partial charge in [0, 0.05) is 3.57 Å². The Balaban J connectivity index is 2.39. The maximum absolute atomic E-state index is 12.2. The summed E-state index contributed by atoms with van der Waals surface area (Å²) in [7, 11) is -3.90. The highest BCUT2D eigenvalue weighted by Crippen LogP contribution is 2.29. The maximum Gasteiger partial charge on any atom is 0.339 e. The number of sulfonamides is 1. The van der Waals surface area contributed by atoms with Gasteiger partial charge in [-0.05, 0) is 59.0 Å². The molecule has 0 heterocycles. The lowest BCUT2D eigenvalue weighted by Crippen LogP contribution is -2.13. The monoisotopic (exact) mass is 419 g/mol. The van der Waals surface area contributed by atoms with Crippen molar-refractivity contribution in [3.8, 4) is 5.75 Å². The zero-order valence-corrected chi connectivity index (χ0v) is 13.4. The van der Waals surface area contributed by atoms with E-state index in [1.807, 2.05) is 22.6 Å². The van der Waals surface area contributed by atoms with Crippen molar-refractivity contribution in [3.05, 3.63) is 51.6 Å². The van der Waals surface area contributed by atoms with Crippen LogP contribution in [0.25, 0.3) is 0 Å². The smallest absolute Gasteiger partial charge is 0.339 e. The predicted octanol–water partition coefficient (Wildman–Crippen LogP) is 2.50. The fourth-order valence-electron chi connectivity index (χ4n) is 1.62. The van der Waals surface area contributed by atoms with Crippen molar-refractivity contribution in [2.45, 2.75) is 4.90 Å². The number of nitrogens with one attached hydrogen (secondary N) is 1. The summed E-state index contributed by atoms with van der Waals surface area (Å²) in [5.41, 5.74) is -0.564. The average Bonchev–Trinajstić information content (AvgIpc) is 2.41. The fourth-order valence-corrected chi connectivity index (χ4v) is 3.04. The third kappa shape index (κ3) is 3.45. The molecule has 0 amide bonds. The minimum absolute atomic E-state index is 0.0167. The van der Waals surface area contributed by atoms with Crippen molar-refractivity contribution in [2.24, 2.45) is 0 Å². The summed E-state index contributed by atoms with van der Waals surface area (Å²) in [5, 5.41) is 18.7. The minimum Gasteiger partial charge on any atom is -0.505 e. The minimum atomic E-state index is -3.90. The molecule has 2 rings (SSSR count). The van der Waals surface area contributed by atoms with Crippen molar-refractivity contribution >= 4 is 44.3 Å². The quantitative estimate of drug-likeness (QED) is 0.522. The van der Waals surface area contributed by atoms with Gasteiger partial charge in [-0.3, -0.25) is 4.72 Å². The predicted molar refractivity (Wildman–Crippen MR) is 85.0 cm³/mol. The number of aromatic hydroxyl groups is 1. The first-order chi connectivity index (χ1) is 9.81. The second-order valence-electron chi connectivity index (χ2n) is 4.07. The van der Waals surface area contributed by atoms with E-state index >= 15 is 0 Å². The number of rotatable bonds is 4. The average molecular weight is 419 g/mol. The van der Waals surface area contributed by atoms with Crippen molar-refractivity contribution in [3.63, 3.8) is 0 Å². The molecule has 0 aliphatic rings. The molecule has 0 saturated carbocycles. The molecule has 0 unspecified atom stereocenters. The highest BCUT2D eigenvalue weighted by atomic mass is 127. The van der Waals surface area contributed by atoms with E-state index in [1.54, 1.807) is 12.1 Å². The molecule has 0 aromatic heterocycles. The van der Waals surface area contributed by atoms with Gasteiger partial charge in [0.05, 0.1) is 10.6 Å². The first-order valence-corrected chi connectivity index (χ1v) is 8.21. The molecule has 0 fully saturated rings. The molecule has 2 aromatic rings. The molecule has 0 bridgehead atoms. The summed E-state index contributed by atoms with van der Waals surface area (Å²) in [6.45, 7) is 0. The second-order valence-corrected chi connectivity index (χ2v) is 6.99. The third-order valence-electron chi connectivity index (χ3n) is 2.63. The second kappa shape index (κ2) is 5.90. The van der Waals surface area contributed by atoms with E-state index in [1.165, 1.54) is 30.3 Å². The molecule has 6 nitrogen and oxygen atoms in total. The summed E-state index contributed by atoms with van der Waals surface area (Å²) < 4.78 is 27.4. The summed E-state index contributed by atoms with van der Waals surface area (Å²) >= 11 is 2.04. The molecule has 0 radical (unpaired) electrons. The van der Waals surface area contributed by atoms with Crippen LogP contribution < -0.4 is 4.72 Å². The molecule has 0 atom stereocenters. The van der Waals surface area contributed by atoms with Crippen LogP contribution >= 0.6 is 22.6 Å². The normalized spacial score (nSPS) is 11.1. The molecule has 0 aliphatic heterocycles. The number of hydrogen-bond donors (Lipinski definition) is 3. The Kier molecular flexibility index (Phi) is 4.37. The van der Waals surface area contributed by atoms with Crippen LogP contribution in [0.3, 0.4) is 0 Å². The SMILES string of the molecule is O=C(O)c1cccc(NS(=O)(=O)c2ccc(I)cc2)c1O. The van der Waals surface area contributed by atoms with E-state index in [4.69, 9.17) is 5.11 Å². The van der Waals surface area contributed by atoms with Crippen LogP contribution in [0.5, 0.6) is 5.75 Å². The summed E-state index contributed by atoms with van der Waals surface area (Å²) in [6.07, 6.45) is 0. The topological polar surface area (TPSA) is 104 Å². The maximum atomic E-state index is 12.2. The standard InChI is InChI=1S/C13H10INO5S/c14-8-4-6-9(7-5-8)21(19,20)15-11-3-1-2-10(12(11)16)13(17)18/h1-7,15-16H,(H,17,18). The number of carbonyl (C=O) groups is 1. The number of carboxylic acids is 1. The van der Waals surface area contributed by atoms with Gasteiger partial charge in [0.1, 0.15) is 5.56 Å². The van der Waals surface area contributed by atoms with E-state index in [2.05, 4.69) is 4.72 Å². The number of hydrogen-bond acceptors (Lipinski definition) is 4. The van der Waals surface area contributed by atoms with Gasteiger partial charge in [0.15, 0.2) is 5.75 Å². The van der Waals surface area contributed by atoms with Gasteiger partial charge >= 0.3 is 5.97 Å². The number of benzene rings is 2. The van der Waals surface area contributed by atoms with Crippen LogP contribution in [-0.4, -0.2) is 24.6 Å². The van der Waals surface area contributed by atoms with Gasteiger partial charge in [0.2, 0.25) is 0 Å². The first kappa shape index (κ1) is 15.6. The summed E-state index contributed by atoms with van der Waals surface area (Å²) in [6, 6.07) is 9.90. The van der Waals surface area contributed by atoms with Gasteiger partial charge in [-0.25, -0.2) is 13.2 Å². The van der Waals surface area contributed by atoms with Crippen LogP contribution in [0.15, 0.2) is 47.4 Å². The zero-order chi connectivity index (χ0) is 15.6. The summed E-state index contributed by atoms with van der Waals surface area (Å²) in [4.78, 5) is 10.9. The highest BCUT2D eigenvalue weighted by Gasteiger charge is 2.19. The van der Waals surface area contributed by atoms with Crippen molar-refractivity contribution in [1.29, 1.82) is 0 Å². The third-order valence-corrected chi connectivity index (χ3v) is 4.74. The van der Waals surface area contributed by atoms with Gasteiger partial charge < -0.3 is 10.2 Å². The Morgan fingerprint density at radius 1 is 1.10 bits per heavy atom. The summed E-state index contributed by atoms with van der Waals surface area (Å²) in [5.74, 6) is -1.97. The van der Waals surface area contributed by atoms with Crippen LogP contribution in [0.1, 0.15) is 10.4 Å². The van der Waals surface area contributed by atoms with E-state index in [9.17, 15) is 18.3 Å². The lowest BCUT2D eigenvalue weighted by Gasteiger charge is -2.11. The number of aromatic carboxylic acids is 1. The first-order valence-electron chi connectivity index (χ1n) is 5.65. The molecule has 2 aromatic carbocycles. The largest absolute Gasteiger partial charge is 0.505 e. The lowest BCUT2D eigenvalue weighted by molar-refractivity contribution is 0.0694. The Morgan fingerprint density at radius 3 is 2.29 bits per heavy atom. The van der Waals surface area contributed by atoms with Gasteiger partial charge in [-0.2, -0.15) is 0 Å². The Bertz CT molecular complexity index is 787. The van der Waals surface area contributed by atoms with E-state index in [-0.39, 0.29) is 16.1 Å². The van der Waals surface area contributed by atoms with Gasteiger partial charge in [-0.15, -0.1) is 0 Å². The Labute approximate surface area is 134 Å². The van der Waals surface area contributed by atoms with Crippen LogP contribution in [0, 0.1) is 3.57 Å². The van der Waals surface area contributed by atoms with Crippen molar-refractivity contribution in [1.82, 2.24) is 0 Å². The van der Waals surface area contributed by atoms with Gasteiger partial charge in [0.25, 0.3) is 10.0 Å². The Hall–Kier alpha value is -1.81. The molecular weight excluding hydrogens is 409 g/mol. The molecule has 0 spiro atoms. The number of halogens is 1. The van der Waals surface area contributed by atoms with E-state index in [0.717, 1.165) is 3.57 Å². The van der Waals surface area contributed by atoms with Crippen molar-refractivity contribution < 1.29 is 23.4 Å². The molecular formula is C13H10INO5S. The number of para-hydroxylation sites is 1. The highest BCUT2D eigenvalue weighted by molar-refractivity contribution is 14.1. The number of phenols is 1. The number of carboxylic acid groups (broad SMARTS) is 1. The fraction of sp³-hybridized carbons (Fsp3) is 0. The van der Waals surface area contributed by atoms with E-state index in [0.29, 0.717) is 0 Å². The van der Waals surface area contributed by atoms with Crippen LogP contribution in [0.2, 0.25) is 0 Å². The van der Waals surface area contributed by atoms with E-state index < -0.39 is 21.7 Å².